The summed E-state index contributed by atoms with van der Waals surface area (Å²) in [5, 5.41) is 0.147. The number of carbonyl (C=O) groups excluding carboxylic acids is 1. The Hall–Kier alpha value is -1.93. The van der Waals surface area contributed by atoms with Crippen molar-refractivity contribution in [1.82, 2.24) is 9.88 Å². The number of pyridine rings is 1. The van der Waals surface area contributed by atoms with E-state index in [0.29, 0.717) is 10.8 Å². The van der Waals surface area contributed by atoms with Gasteiger partial charge in [0.05, 0.1) is 12.1 Å². The number of nitrogens with zero attached hydrogens (tertiary/aromatic N) is 2. The molecule has 0 fully saturated rings. The number of alkyl halides is 3. The minimum atomic E-state index is -4.52. The summed E-state index contributed by atoms with van der Waals surface area (Å²) in [5.74, 6) is -0.0161. The van der Waals surface area contributed by atoms with E-state index < -0.39 is 23.2 Å². The molecule has 1 aromatic carbocycles. The summed E-state index contributed by atoms with van der Waals surface area (Å²) >= 11 is 5.43. The predicted octanol–water partition coefficient (Wildman–Crippen LogP) is 4.50. The van der Waals surface area contributed by atoms with Crippen molar-refractivity contribution < 1.29 is 22.7 Å². The molecule has 0 unspecified atom stereocenters. The van der Waals surface area contributed by atoms with E-state index in [4.69, 9.17) is 16.3 Å². The lowest BCUT2D eigenvalue weighted by atomic mass is 10.2. The van der Waals surface area contributed by atoms with Crippen LogP contribution in [0.15, 0.2) is 47.6 Å². The van der Waals surface area contributed by atoms with Gasteiger partial charge in [-0.2, -0.15) is 13.2 Å². The van der Waals surface area contributed by atoms with Gasteiger partial charge in [-0.3, -0.25) is 4.79 Å². The summed E-state index contributed by atoms with van der Waals surface area (Å²) in [7, 11) is 1.48. The normalized spacial score (nSPS) is 11.2. The maximum absolute atomic E-state index is 12.6. The van der Waals surface area contributed by atoms with Crippen molar-refractivity contribution in [3.63, 3.8) is 0 Å². The fourth-order valence-electron chi connectivity index (χ4n) is 1.91. The van der Waals surface area contributed by atoms with Gasteiger partial charge in [0.15, 0.2) is 0 Å². The molecule has 0 spiro atoms. The topological polar surface area (TPSA) is 42.4 Å². The highest BCUT2D eigenvalue weighted by molar-refractivity contribution is 8.00. The van der Waals surface area contributed by atoms with E-state index >= 15 is 0 Å². The number of thioether (sulfide) groups is 1. The van der Waals surface area contributed by atoms with Crippen LogP contribution in [-0.2, 0) is 0 Å². The van der Waals surface area contributed by atoms with E-state index in [0.717, 1.165) is 0 Å². The Balaban J connectivity index is 1.98. The summed E-state index contributed by atoms with van der Waals surface area (Å²) in [5.41, 5.74) is -4.62. The molecule has 1 aromatic heterocycles. The Bertz CT molecular complexity index is 743. The fourth-order valence-corrected chi connectivity index (χ4v) is 2.69. The molecule has 9 heteroatoms. The third-order valence-corrected chi connectivity index (χ3v) is 4.04. The molecule has 1 heterocycles. The average molecular weight is 391 g/mol. The van der Waals surface area contributed by atoms with Gasteiger partial charge in [0, 0.05) is 30.0 Å². The lowest BCUT2D eigenvalue weighted by Gasteiger charge is -2.19. The smallest absolute Gasteiger partial charge is 0.447 e. The van der Waals surface area contributed by atoms with Gasteiger partial charge in [-0.15, -0.1) is 0 Å². The Morgan fingerprint density at radius 3 is 2.76 bits per heavy atom. The van der Waals surface area contributed by atoms with E-state index in [2.05, 4.69) is 4.98 Å². The summed E-state index contributed by atoms with van der Waals surface area (Å²) in [6, 6.07) is 9.51. The summed E-state index contributed by atoms with van der Waals surface area (Å²) in [4.78, 5) is 17.3. The quantitative estimate of drug-likeness (QED) is 0.681. The highest BCUT2D eigenvalue weighted by Gasteiger charge is 2.32. The molecule has 0 saturated carbocycles. The SMILES string of the molecule is CN(CCOc1cccc(Cl)c1)C(=O)c1cccnc1SC(F)(F)F. The fraction of sp³-hybridized carbons (Fsp3) is 0.250. The monoisotopic (exact) mass is 390 g/mol. The standard InChI is InChI=1S/C16H14ClF3N2O2S/c1-22(8-9-24-12-5-2-4-11(17)10-12)15(23)13-6-3-7-21-14(13)25-16(18,19)20/h2-7,10H,8-9H2,1H3. The van der Waals surface area contributed by atoms with E-state index in [1.807, 2.05) is 0 Å². The summed E-state index contributed by atoms with van der Waals surface area (Å²) < 4.78 is 43.2. The zero-order valence-electron chi connectivity index (χ0n) is 13.1. The zero-order valence-corrected chi connectivity index (χ0v) is 14.7. The molecule has 0 aliphatic rings. The van der Waals surface area contributed by atoms with Crippen LogP contribution in [0.3, 0.4) is 0 Å². The van der Waals surface area contributed by atoms with Gasteiger partial charge in [0.2, 0.25) is 0 Å². The molecule has 0 N–H and O–H groups in total. The van der Waals surface area contributed by atoms with E-state index in [9.17, 15) is 18.0 Å². The van der Waals surface area contributed by atoms with Crippen molar-refractivity contribution in [3.05, 3.63) is 53.2 Å². The number of likely N-dealkylation sites (N-methyl/N-ethyl adjacent to an activating group) is 1. The van der Waals surface area contributed by atoms with Crippen LogP contribution < -0.4 is 4.74 Å². The Kier molecular flexibility index (Phi) is 6.55. The molecule has 0 atom stereocenters. The molecular formula is C16H14ClF3N2O2S. The Labute approximate surface area is 151 Å². The first-order valence-corrected chi connectivity index (χ1v) is 8.30. The molecule has 0 bridgehead atoms. The number of hydrogen-bond donors (Lipinski definition) is 0. The largest absolute Gasteiger partial charge is 0.492 e. The first-order chi connectivity index (χ1) is 11.8. The van der Waals surface area contributed by atoms with Crippen molar-refractivity contribution in [2.24, 2.45) is 0 Å². The number of carbonyl (C=O) groups is 1. The van der Waals surface area contributed by atoms with Crippen LogP contribution >= 0.6 is 23.4 Å². The van der Waals surface area contributed by atoms with Crippen LogP contribution in [0, 0.1) is 0 Å². The molecular weight excluding hydrogens is 377 g/mol. The lowest BCUT2D eigenvalue weighted by Crippen LogP contribution is -2.31. The second-order valence-electron chi connectivity index (χ2n) is 4.94. The maximum Gasteiger partial charge on any atom is 0.447 e. The molecule has 4 nitrogen and oxygen atoms in total. The van der Waals surface area contributed by atoms with Gasteiger partial charge in [-0.25, -0.2) is 4.98 Å². The van der Waals surface area contributed by atoms with Crippen LogP contribution in [0.2, 0.25) is 5.02 Å². The number of hydrogen-bond acceptors (Lipinski definition) is 4. The van der Waals surface area contributed by atoms with Crippen molar-refractivity contribution >= 4 is 29.3 Å². The molecule has 0 aliphatic heterocycles. The van der Waals surface area contributed by atoms with Crippen molar-refractivity contribution in [2.75, 3.05) is 20.2 Å². The zero-order chi connectivity index (χ0) is 18.4. The number of aromatic nitrogens is 1. The van der Waals surface area contributed by atoms with E-state index in [1.165, 1.54) is 30.3 Å². The maximum atomic E-state index is 12.6. The molecule has 134 valence electrons. The second-order valence-corrected chi connectivity index (χ2v) is 6.43. The van der Waals surface area contributed by atoms with Crippen LogP contribution in [-0.4, -0.2) is 41.5 Å². The second kappa shape index (κ2) is 8.44. The van der Waals surface area contributed by atoms with E-state index in [-0.39, 0.29) is 23.7 Å². The first-order valence-electron chi connectivity index (χ1n) is 7.11. The van der Waals surface area contributed by atoms with Crippen molar-refractivity contribution in [2.45, 2.75) is 10.5 Å². The minimum absolute atomic E-state index is 0.102. The highest BCUT2D eigenvalue weighted by atomic mass is 35.5. The van der Waals surface area contributed by atoms with Crippen LogP contribution in [0.5, 0.6) is 5.75 Å². The third kappa shape index (κ3) is 6.13. The van der Waals surface area contributed by atoms with Gasteiger partial charge >= 0.3 is 5.51 Å². The van der Waals surface area contributed by atoms with Gasteiger partial charge in [-0.05, 0) is 30.3 Å². The van der Waals surface area contributed by atoms with Crippen LogP contribution in [0.1, 0.15) is 10.4 Å². The third-order valence-electron chi connectivity index (χ3n) is 3.05. The molecule has 1 amide bonds. The number of halogens is 4. The van der Waals surface area contributed by atoms with E-state index in [1.54, 1.807) is 24.3 Å². The number of ether oxygens (including phenoxy) is 1. The predicted molar refractivity (Wildman–Crippen MR) is 90.1 cm³/mol. The average Bonchev–Trinajstić information content (AvgIpc) is 2.53. The Morgan fingerprint density at radius 2 is 2.08 bits per heavy atom. The summed E-state index contributed by atoms with van der Waals surface area (Å²) in [6.45, 7) is 0.362. The molecule has 0 saturated heterocycles. The highest BCUT2D eigenvalue weighted by Crippen LogP contribution is 2.37. The van der Waals surface area contributed by atoms with Gasteiger partial charge in [0.1, 0.15) is 17.4 Å². The van der Waals surface area contributed by atoms with Gasteiger partial charge in [0.25, 0.3) is 5.91 Å². The molecule has 25 heavy (non-hydrogen) atoms. The number of rotatable bonds is 6. The number of benzene rings is 1. The van der Waals surface area contributed by atoms with Crippen LogP contribution in [0.4, 0.5) is 13.2 Å². The molecule has 0 radical (unpaired) electrons. The summed E-state index contributed by atoms with van der Waals surface area (Å²) in [6.07, 6.45) is 1.22. The lowest BCUT2D eigenvalue weighted by molar-refractivity contribution is -0.0329. The number of amides is 1. The molecule has 2 rings (SSSR count). The molecule has 2 aromatic rings. The Morgan fingerprint density at radius 1 is 1.32 bits per heavy atom. The van der Waals surface area contributed by atoms with Crippen molar-refractivity contribution in [3.8, 4) is 5.75 Å². The van der Waals surface area contributed by atoms with Crippen LogP contribution in [0.25, 0.3) is 0 Å². The van der Waals surface area contributed by atoms with Crippen molar-refractivity contribution in [1.29, 1.82) is 0 Å². The van der Waals surface area contributed by atoms with Gasteiger partial charge < -0.3 is 9.64 Å². The minimum Gasteiger partial charge on any atom is -0.492 e. The van der Waals surface area contributed by atoms with Gasteiger partial charge in [-0.1, -0.05) is 17.7 Å². The molecule has 0 aliphatic carbocycles. The first kappa shape index (κ1) is 19.4.